The van der Waals surface area contributed by atoms with Crippen molar-refractivity contribution in [2.24, 2.45) is 0 Å². The first-order chi connectivity index (χ1) is 16.7. The highest BCUT2D eigenvalue weighted by molar-refractivity contribution is 7.99. The fourth-order valence-electron chi connectivity index (χ4n) is 4.64. The van der Waals surface area contributed by atoms with Crippen LogP contribution >= 0.6 is 11.8 Å². The number of hydrogen-bond acceptors (Lipinski definition) is 5. The molecule has 0 N–H and O–H groups in total. The minimum atomic E-state index is 0. The second-order valence-electron chi connectivity index (χ2n) is 8.57. The lowest BCUT2D eigenvalue weighted by atomic mass is 9.95. The largest absolute Gasteiger partial charge is 1.00 e. The zero-order chi connectivity index (χ0) is 23.1. The molecular formula is C28H26BrNO4S. The third-order valence-corrected chi connectivity index (χ3v) is 7.39. The number of hydrogen-bond donors (Lipinski definition) is 0. The summed E-state index contributed by atoms with van der Waals surface area (Å²) < 4.78 is 25.5. The number of pyridine rings is 1. The van der Waals surface area contributed by atoms with Crippen LogP contribution in [0.15, 0.2) is 65.7 Å². The average molecular weight is 552 g/mol. The van der Waals surface area contributed by atoms with Gasteiger partial charge in [0.2, 0.25) is 12.5 Å². The van der Waals surface area contributed by atoms with Crippen LogP contribution in [0.1, 0.15) is 11.1 Å². The van der Waals surface area contributed by atoms with Gasteiger partial charge in [0.05, 0.1) is 24.7 Å². The van der Waals surface area contributed by atoms with Crippen LogP contribution in [-0.2, 0) is 13.0 Å². The predicted molar refractivity (Wildman–Crippen MR) is 133 cm³/mol. The number of thioether (sulfide) groups is 1. The minimum absolute atomic E-state index is 0. The van der Waals surface area contributed by atoms with Crippen molar-refractivity contribution in [3.8, 4) is 34.3 Å². The molecule has 2 aliphatic heterocycles. The van der Waals surface area contributed by atoms with Crippen molar-refractivity contribution in [2.75, 3.05) is 26.3 Å². The standard InChI is InChI=1S/C28H26NO4S.BrH/c1-18-3-6-21(7-4-18)34-12-11-31-28-23-16-29-10-9-20-14-26-27(33-17-32-26)15-22(20)24(29)13-19(23)5-8-25(28)30-2;/h3-8,13-16H,9-12,17H2,1-2H3;1H/q+1;/p-1. The molecule has 0 atom stereocenters. The minimum Gasteiger partial charge on any atom is -1.00 e. The van der Waals surface area contributed by atoms with Crippen LogP contribution in [0.2, 0.25) is 0 Å². The number of benzene rings is 3. The summed E-state index contributed by atoms with van der Waals surface area (Å²) >= 11 is 1.80. The van der Waals surface area contributed by atoms with Crippen LogP contribution in [0.5, 0.6) is 23.0 Å². The second-order valence-corrected chi connectivity index (χ2v) is 9.74. The highest BCUT2D eigenvalue weighted by Gasteiger charge is 2.28. The molecule has 7 heteroatoms. The van der Waals surface area contributed by atoms with Gasteiger partial charge in [0.1, 0.15) is 0 Å². The number of methoxy groups -OCH3 is 1. The Morgan fingerprint density at radius 2 is 1.80 bits per heavy atom. The van der Waals surface area contributed by atoms with Gasteiger partial charge in [0.25, 0.3) is 0 Å². The van der Waals surface area contributed by atoms with Gasteiger partial charge in [-0.15, -0.1) is 11.8 Å². The molecule has 0 amide bonds. The maximum atomic E-state index is 6.31. The van der Waals surface area contributed by atoms with Crippen LogP contribution in [0.4, 0.5) is 0 Å². The number of nitrogens with zero attached hydrogens (tertiary/aromatic N) is 1. The van der Waals surface area contributed by atoms with Gasteiger partial charge in [-0.1, -0.05) is 17.7 Å². The van der Waals surface area contributed by atoms with Gasteiger partial charge < -0.3 is 35.9 Å². The Hall–Kier alpha value is -2.90. The molecule has 5 nitrogen and oxygen atoms in total. The maximum Gasteiger partial charge on any atom is 0.231 e. The summed E-state index contributed by atoms with van der Waals surface area (Å²) in [6.45, 7) is 3.90. The molecular weight excluding hydrogens is 526 g/mol. The molecule has 3 heterocycles. The fourth-order valence-corrected chi connectivity index (χ4v) is 5.38. The summed E-state index contributed by atoms with van der Waals surface area (Å²) in [5.74, 6) is 4.08. The van der Waals surface area contributed by atoms with Gasteiger partial charge in [-0.2, -0.15) is 4.57 Å². The molecule has 0 saturated heterocycles. The number of aromatic nitrogens is 1. The van der Waals surface area contributed by atoms with Crippen molar-refractivity contribution >= 4 is 22.5 Å². The van der Waals surface area contributed by atoms with E-state index < -0.39 is 0 Å². The van der Waals surface area contributed by atoms with Crippen molar-refractivity contribution < 1.29 is 40.5 Å². The average Bonchev–Trinajstić information content (AvgIpc) is 3.32. The van der Waals surface area contributed by atoms with Crippen LogP contribution in [0, 0.1) is 6.92 Å². The highest BCUT2D eigenvalue weighted by Crippen LogP contribution is 2.41. The molecule has 0 aliphatic carbocycles. The summed E-state index contributed by atoms with van der Waals surface area (Å²) in [4.78, 5) is 1.25. The lowest BCUT2D eigenvalue weighted by Gasteiger charge is -2.18. The van der Waals surface area contributed by atoms with E-state index in [1.165, 1.54) is 27.3 Å². The number of ether oxygens (including phenoxy) is 4. The predicted octanol–water partition coefficient (Wildman–Crippen LogP) is 2.57. The molecule has 3 aromatic carbocycles. The summed E-state index contributed by atoms with van der Waals surface area (Å²) in [7, 11) is 1.69. The van der Waals surface area contributed by atoms with Gasteiger partial charge in [0, 0.05) is 23.1 Å². The van der Waals surface area contributed by atoms with Crippen molar-refractivity contribution in [1.29, 1.82) is 0 Å². The molecule has 0 unspecified atom stereocenters. The molecule has 2 aliphatic rings. The zero-order valence-corrected chi connectivity index (χ0v) is 22.1. The molecule has 6 rings (SSSR count). The van der Waals surface area contributed by atoms with Crippen molar-refractivity contribution in [3.05, 3.63) is 71.9 Å². The quantitative estimate of drug-likeness (QED) is 0.209. The third kappa shape index (κ3) is 4.55. The van der Waals surface area contributed by atoms with E-state index in [1.807, 2.05) is 6.07 Å². The molecule has 0 radical (unpaired) electrons. The Kier molecular flexibility index (Phi) is 6.80. The Bertz CT molecular complexity index is 1390. The number of aryl methyl sites for hydroxylation is 3. The van der Waals surface area contributed by atoms with E-state index >= 15 is 0 Å². The first-order valence-electron chi connectivity index (χ1n) is 11.5. The Balaban J connectivity index is 0.00000253. The molecule has 0 fully saturated rings. The molecule has 1 aromatic heterocycles. The fraction of sp³-hybridized carbons (Fsp3) is 0.250. The highest BCUT2D eigenvalue weighted by atomic mass is 79.9. The summed E-state index contributed by atoms with van der Waals surface area (Å²) in [5, 5.41) is 2.19. The topological polar surface area (TPSA) is 40.8 Å². The van der Waals surface area contributed by atoms with Crippen molar-refractivity contribution in [2.45, 2.75) is 24.8 Å². The van der Waals surface area contributed by atoms with E-state index in [2.05, 4.69) is 66.2 Å². The first kappa shape index (κ1) is 23.8. The van der Waals surface area contributed by atoms with E-state index in [1.54, 1.807) is 18.9 Å². The zero-order valence-electron chi connectivity index (χ0n) is 19.7. The van der Waals surface area contributed by atoms with Gasteiger partial charge >= 0.3 is 0 Å². The van der Waals surface area contributed by atoms with Gasteiger partial charge in [-0.05, 0) is 54.3 Å². The summed E-state index contributed by atoms with van der Waals surface area (Å²) in [6, 6.07) is 19.2. The summed E-state index contributed by atoms with van der Waals surface area (Å²) in [5.41, 5.74) is 4.94. The van der Waals surface area contributed by atoms with Crippen LogP contribution in [0.25, 0.3) is 22.0 Å². The lowest BCUT2D eigenvalue weighted by Crippen LogP contribution is -3.00. The van der Waals surface area contributed by atoms with Crippen LogP contribution in [-0.4, -0.2) is 26.3 Å². The van der Waals surface area contributed by atoms with E-state index in [0.29, 0.717) is 13.4 Å². The summed E-state index contributed by atoms with van der Waals surface area (Å²) in [6.07, 6.45) is 3.14. The molecule has 0 bridgehead atoms. The van der Waals surface area contributed by atoms with Gasteiger partial charge in [-0.25, -0.2) is 0 Å². The van der Waals surface area contributed by atoms with E-state index in [-0.39, 0.29) is 17.0 Å². The van der Waals surface area contributed by atoms with E-state index in [0.717, 1.165) is 52.5 Å². The first-order valence-corrected chi connectivity index (χ1v) is 12.5. The Labute approximate surface area is 219 Å². The second kappa shape index (κ2) is 9.99. The Morgan fingerprint density at radius 1 is 1.00 bits per heavy atom. The maximum absolute atomic E-state index is 6.31. The smallest absolute Gasteiger partial charge is 0.231 e. The van der Waals surface area contributed by atoms with Crippen LogP contribution in [0.3, 0.4) is 0 Å². The van der Waals surface area contributed by atoms with Crippen molar-refractivity contribution in [1.82, 2.24) is 0 Å². The van der Waals surface area contributed by atoms with E-state index in [4.69, 9.17) is 18.9 Å². The monoisotopic (exact) mass is 551 g/mol. The molecule has 35 heavy (non-hydrogen) atoms. The number of fused-ring (bicyclic) bond motifs is 5. The lowest BCUT2D eigenvalue weighted by molar-refractivity contribution is -0.686. The number of rotatable bonds is 6. The molecule has 0 saturated carbocycles. The molecule has 0 spiro atoms. The Morgan fingerprint density at radius 3 is 2.60 bits per heavy atom. The van der Waals surface area contributed by atoms with Gasteiger partial charge in [-0.3, -0.25) is 0 Å². The number of halogens is 1. The van der Waals surface area contributed by atoms with Crippen molar-refractivity contribution in [3.63, 3.8) is 0 Å². The van der Waals surface area contributed by atoms with E-state index in [9.17, 15) is 0 Å². The van der Waals surface area contributed by atoms with Crippen LogP contribution < -0.4 is 40.5 Å². The third-order valence-electron chi connectivity index (χ3n) is 6.42. The molecule has 180 valence electrons. The SMILES string of the molecule is COc1ccc2cc3[n+](cc2c1OCCSc1ccc(C)cc1)CCc1cc2c(cc1-3)OCO2.[Br-]. The van der Waals surface area contributed by atoms with Gasteiger partial charge in [0.15, 0.2) is 35.7 Å². The normalized spacial score (nSPS) is 13.1. The molecule has 4 aromatic rings.